The number of carbonyl (C=O) groups excluding carboxylic acids is 1. The molecule has 1 unspecified atom stereocenters. The number of rotatable bonds is 2. The summed E-state index contributed by atoms with van der Waals surface area (Å²) in [6, 6.07) is 3.98. The van der Waals surface area contributed by atoms with Crippen molar-refractivity contribution in [3.05, 3.63) is 29.0 Å². The zero-order chi connectivity index (χ0) is 12.4. The molecule has 1 saturated heterocycles. The molecule has 3 N–H and O–H groups in total. The summed E-state index contributed by atoms with van der Waals surface area (Å²) in [5, 5.41) is 2.79. The average Bonchev–Trinajstić information content (AvgIpc) is 2.32. The van der Waals surface area contributed by atoms with Gasteiger partial charge in [0.05, 0.1) is 5.02 Å². The molecule has 1 aromatic rings. The highest BCUT2D eigenvalue weighted by Gasteiger charge is 2.28. The van der Waals surface area contributed by atoms with E-state index in [4.69, 9.17) is 17.3 Å². The second-order valence-electron chi connectivity index (χ2n) is 3.83. The van der Waals surface area contributed by atoms with E-state index >= 15 is 0 Å². The summed E-state index contributed by atoms with van der Waals surface area (Å²) in [5.74, 6) is -0.583. The fourth-order valence-corrected chi connectivity index (χ4v) is 2.10. The van der Waals surface area contributed by atoms with E-state index in [1.165, 1.54) is 12.1 Å². The van der Waals surface area contributed by atoms with Crippen molar-refractivity contribution in [2.24, 2.45) is 5.73 Å². The lowest BCUT2D eigenvalue weighted by Crippen LogP contribution is -2.58. The largest absolute Gasteiger partial charge is 0.357 e. The summed E-state index contributed by atoms with van der Waals surface area (Å²) >= 11 is 5.73. The van der Waals surface area contributed by atoms with Gasteiger partial charge in [-0.25, -0.2) is 4.39 Å². The summed E-state index contributed by atoms with van der Waals surface area (Å²) in [7, 11) is 0. The molecule has 0 aliphatic carbocycles. The van der Waals surface area contributed by atoms with Crippen molar-refractivity contribution >= 4 is 23.2 Å². The standard InChI is InChI=1S/C11H13ClFN3O/c12-8-5-7(1-2-9(8)13)16-4-3-15-11(17)10(16)6-14/h1-2,5,10H,3-4,6,14H2,(H,15,17). The van der Waals surface area contributed by atoms with Crippen LogP contribution in [-0.2, 0) is 4.79 Å². The van der Waals surface area contributed by atoms with Gasteiger partial charge in [-0.05, 0) is 18.2 Å². The molecule has 1 aliphatic heterocycles. The number of nitrogens with zero attached hydrogens (tertiary/aromatic N) is 1. The Bertz CT molecular complexity index is 441. The van der Waals surface area contributed by atoms with E-state index in [9.17, 15) is 9.18 Å². The molecule has 4 nitrogen and oxygen atoms in total. The number of anilines is 1. The van der Waals surface area contributed by atoms with Crippen LogP contribution in [0.5, 0.6) is 0 Å². The van der Waals surface area contributed by atoms with Crippen molar-refractivity contribution < 1.29 is 9.18 Å². The molecular formula is C11H13ClFN3O. The van der Waals surface area contributed by atoms with Crippen molar-refractivity contribution in [3.63, 3.8) is 0 Å². The highest BCUT2D eigenvalue weighted by molar-refractivity contribution is 6.31. The quantitative estimate of drug-likeness (QED) is 0.822. The summed E-state index contributed by atoms with van der Waals surface area (Å²) in [5.41, 5.74) is 6.29. The number of amides is 1. The van der Waals surface area contributed by atoms with Crippen LogP contribution in [0.4, 0.5) is 10.1 Å². The number of carbonyl (C=O) groups is 1. The van der Waals surface area contributed by atoms with Crippen LogP contribution in [0, 0.1) is 5.82 Å². The van der Waals surface area contributed by atoms with Crippen molar-refractivity contribution in [2.45, 2.75) is 6.04 Å². The lowest BCUT2D eigenvalue weighted by atomic mass is 10.1. The van der Waals surface area contributed by atoms with Gasteiger partial charge in [0.25, 0.3) is 0 Å². The predicted octanol–water partition coefficient (Wildman–Crippen LogP) is 0.743. The van der Waals surface area contributed by atoms with Crippen LogP contribution in [0.15, 0.2) is 18.2 Å². The summed E-state index contributed by atoms with van der Waals surface area (Å²) in [6.07, 6.45) is 0. The monoisotopic (exact) mass is 257 g/mol. The second kappa shape index (κ2) is 4.89. The normalized spacial score (nSPS) is 20.3. The molecule has 0 bridgehead atoms. The van der Waals surface area contributed by atoms with Crippen LogP contribution in [0.1, 0.15) is 0 Å². The zero-order valence-corrected chi connectivity index (χ0v) is 9.88. The Morgan fingerprint density at radius 3 is 3.00 bits per heavy atom. The lowest BCUT2D eigenvalue weighted by Gasteiger charge is -2.36. The number of halogens is 2. The van der Waals surface area contributed by atoms with Crippen molar-refractivity contribution in [1.29, 1.82) is 0 Å². The third-order valence-electron chi connectivity index (χ3n) is 2.79. The van der Waals surface area contributed by atoms with E-state index in [0.29, 0.717) is 18.8 Å². The van der Waals surface area contributed by atoms with Gasteiger partial charge in [-0.1, -0.05) is 11.6 Å². The van der Waals surface area contributed by atoms with Gasteiger partial charge in [0, 0.05) is 25.3 Å². The van der Waals surface area contributed by atoms with E-state index in [1.807, 2.05) is 4.90 Å². The minimum absolute atomic E-state index is 0.0456. The molecular weight excluding hydrogens is 245 g/mol. The second-order valence-corrected chi connectivity index (χ2v) is 4.24. The molecule has 1 heterocycles. The Morgan fingerprint density at radius 1 is 1.59 bits per heavy atom. The van der Waals surface area contributed by atoms with E-state index in [1.54, 1.807) is 6.07 Å². The van der Waals surface area contributed by atoms with Gasteiger partial charge >= 0.3 is 0 Å². The molecule has 1 fully saturated rings. The van der Waals surface area contributed by atoms with Gasteiger partial charge < -0.3 is 16.0 Å². The van der Waals surface area contributed by atoms with Crippen LogP contribution >= 0.6 is 11.6 Å². The maximum atomic E-state index is 13.1. The molecule has 1 amide bonds. The third-order valence-corrected chi connectivity index (χ3v) is 3.08. The molecule has 92 valence electrons. The van der Waals surface area contributed by atoms with E-state index < -0.39 is 11.9 Å². The fraction of sp³-hybridized carbons (Fsp3) is 0.364. The first-order valence-electron chi connectivity index (χ1n) is 5.33. The molecule has 1 atom stereocenters. The minimum Gasteiger partial charge on any atom is -0.357 e. The summed E-state index contributed by atoms with van der Waals surface area (Å²) in [6.45, 7) is 1.39. The van der Waals surface area contributed by atoms with Gasteiger partial charge in [0.1, 0.15) is 11.9 Å². The van der Waals surface area contributed by atoms with Crippen LogP contribution < -0.4 is 16.0 Å². The number of nitrogens with one attached hydrogen (secondary N) is 1. The molecule has 0 radical (unpaired) electrons. The number of piperazine rings is 1. The smallest absolute Gasteiger partial charge is 0.244 e. The number of benzene rings is 1. The van der Waals surface area contributed by atoms with Gasteiger partial charge in [0.2, 0.25) is 5.91 Å². The summed E-state index contributed by atoms with van der Waals surface area (Å²) < 4.78 is 13.1. The Labute approximate surface area is 104 Å². The van der Waals surface area contributed by atoms with Crippen LogP contribution in [0.25, 0.3) is 0 Å². The Kier molecular flexibility index (Phi) is 3.49. The molecule has 17 heavy (non-hydrogen) atoms. The highest BCUT2D eigenvalue weighted by atomic mass is 35.5. The minimum atomic E-state index is -0.471. The first-order chi connectivity index (χ1) is 8.13. The van der Waals surface area contributed by atoms with E-state index in [-0.39, 0.29) is 17.5 Å². The molecule has 2 rings (SSSR count). The molecule has 0 spiro atoms. The number of nitrogens with two attached hydrogens (primary N) is 1. The van der Waals surface area contributed by atoms with E-state index in [0.717, 1.165) is 0 Å². The summed E-state index contributed by atoms with van der Waals surface area (Å²) in [4.78, 5) is 13.5. The zero-order valence-electron chi connectivity index (χ0n) is 9.12. The Morgan fingerprint density at radius 2 is 2.35 bits per heavy atom. The van der Waals surface area contributed by atoms with Crippen molar-refractivity contribution in [2.75, 3.05) is 24.5 Å². The van der Waals surface area contributed by atoms with Gasteiger partial charge in [-0.15, -0.1) is 0 Å². The molecule has 6 heteroatoms. The van der Waals surface area contributed by atoms with Crippen LogP contribution in [-0.4, -0.2) is 31.6 Å². The predicted molar refractivity (Wildman–Crippen MR) is 64.6 cm³/mol. The molecule has 0 aromatic heterocycles. The topological polar surface area (TPSA) is 58.4 Å². The van der Waals surface area contributed by atoms with E-state index in [2.05, 4.69) is 5.32 Å². The fourth-order valence-electron chi connectivity index (χ4n) is 1.92. The first kappa shape index (κ1) is 12.1. The average molecular weight is 258 g/mol. The Hall–Kier alpha value is -1.33. The number of hydrogen-bond donors (Lipinski definition) is 2. The lowest BCUT2D eigenvalue weighted by molar-refractivity contribution is -0.123. The molecule has 1 aliphatic rings. The van der Waals surface area contributed by atoms with Gasteiger partial charge in [-0.3, -0.25) is 4.79 Å². The molecule has 1 aromatic carbocycles. The van der Waals surface area contributed by atoms with Crippen LogP contribution in [0.3, 0.4) is 0 Å². The number of hydrogen-bond acceptors (Lipinski definition) is 3. The first-order valence-corrected chi connectivity index (χ1v) is 5.70. The van der Waals surface area contributed by atoms with Gasteiger partial charge in [0.15, 0.2) is 0 Å². The maximum Gasteiger partial charge on any atom is 0.244 e. The van der Waals surface area contributed by atoms with Crippen molar-refractivity contribution in [3.8, 4) is 0 Å². The van der Waals surface area contributed by atoms with Gasteiger partial charge in [-0.2, -0.15) is 0 Å². The Balaban J connectivity index is 2.30. The SMILES string of the molecule is NCC1C(=O)NCCN1c1ccc(F)c(Cl)c1. The highest BCUT2D eigenvalue weighted by Crippen LogP contribution is 2.24. The maximum absolute atomic E-state index is 13.1. The molecule has 0 saturated carbocycles. The van der Waals surface area contributed by atoms with Crippen LogP contribution in [0.2, 0.25) is 5.02 Å². The third kappa shape index (κ3) is 2.35. The van der Waals surface area contributed by atoms with Crippen molar-refractivity contribution in [1.82, 2.24) is 5.32 Å².